The van der Waals surface area contributed by atoms with E-state index in [1.54, 1.807) is 32.8 Å². The zero-order chi connectivity index (χ0) is 21.4. The van der Waals surface area contributed by atoms with E-state index >= 15 is 0 Å². The first-order valence-corrected chi connectivity index (χ1v) is 12.1. The number of hydroxylamine groups is 2. The molecule has 0 atom stereocenters. The maximum absolute atomic E-state index is 11.9. The van der Waals surface area contributed by atoms with Gasteiger partial charge >= 0.3 is 0 Å². The van der Waals surface area contributed by atoms with Crippen molar-refractivity contribution in [1.29, 1.82) is 0 Å². The van der Waals surface area contributed by atoms with E-state index in [0.29, 0.717) is 32.6 Å². The molecule has 0 fully saturated rings. The molecule has 0 saturated heterocycles. The van der Waals surface area contributed by atoms with Gasteiger partial charge in [0.2, 0.25) is 5.91 Å². The average molecular weight is 444 g/mol. The first-order valence-electron chi connectivity index (χ1n) is 9.82. The summed E-state index contributed by atoms with van der Waals surface area (Å²) in [7, 11) is 5.10. The Morgan fingerprint density at radius 2 is 2.17 bits per heavy atom. The third kappa shape index (κ3) is 14.5. The monoisotopic (exact) mass is 443 g/mol. The predicted octanol–water partition coefficient (Wildman–Crippen LogP) is 3.36. The molecule has 1 aromatic heterocycles. The molecule has 7 nitrogen and oxygen atoms in total. The Balaban J connectivity index is 1.98. The van der Waals surface area contributed by atoms with Crippen molar-refractivity contribution >= 4 is 33.8 Å². The molecule has 1 aromatic rings. The second kappa shape index (κ2) is 15.7. The normalized spacial score (nSPS) is 11.6. The van der Waals surface area contributed by atoms with Gasteiger partial charge in [0.05, 0.1) is 18.8 Å². The summed E-state index contributed by atoms with van der Waals surface area (Å²) in [6.45, 7) is 6.32. The topological polar surface area (TPSA) is 80.8 Å². The van der Waals surface area contributed by atoms with Crippen LogP contribution in [0, 0.1) is 0 Å². The molecule has 1 amide bonds. The molecule has 0 bridgehead atoms. The summed E-state index contributed by atoms with van der Waals surface area (Å²) in [5.74, 6) is 0.817. The van der Waals surface area contributed by atoms with E-state index in [4.69, 9.17) is 9.57 Å². The Morgan fingerprint density at radius 1 is 1.34 bits per heavy atom. The molecule has 0 aliphatic rings. The lowest BCUT2D eigenvalue weighted by Crippen LogP contribution is -2.31. The van der Waals surface area contributed by atoms with Gasteiger partial charge in [-0.25, -0.2) is 4.98 Å². The first-order chi connectivity index (χ1) is 13.9. The zero-order valence-corrected chi connectivity index (χ0v) is 19.2. The van der Waals surface area contributed by atoms with Crippen LogP contribution in [0.15, 0.2) is 29.4 Å². The highest BCUT2D eigenvalue weighted by molar-refractivity contribution is 8.76. The lowest BCUT2D eigenvalue weighted by molar-refractivity contribution is -0.155. The standard InChI is InChI=1S/C20H33N3O4S2/c1-20(2,26-15-7-14-24)10-16-27-23(3)13-6-12-21-18(25)9-17-28-29-19-8-4-5-11-22-19/h4-5,8,11,14H,6-7,9-10,12-13,15-17H2,1-3H3,(H,21,25). The van der Waals surface area contributed by atoms with Crippen molar-refractivity contribution in [3.63, 3.8) is 0 Å². The summed E-state index contributed by atoms with van der Waals surface area (Å²) in [6, 6.07) is 5.80. The number of aromatic nitrogens is 1. The van der Waals surface area contributed by atoms with Gasteiger partial charge in [0, 0.05) is 51.3 Å². The number of hydrogen-bond donors (Lipinski definition) is 1. The number of nitrogens with one attached hydrogen (secondary N) is 1. The van der Waals surface area contributed by atoms with Crippen LogP contribution in [0.2, 0.25) is 0 Å². The third-order valence-corrected chi connectivity index (χ3v) is 6.18. The van der Waals surface area contributed by atoms with Gasteiger partial charge < -0.3 is 14.8 Å². The highest BCUT2D eigenvalue weighted by atomic mass is 33.1. The van der Waals surface area contributed by atoms with Crippen molar-refractivity contribution in [2.75, 3.05) is 39.1 Å². The molecular formula is C20H33N3O4S2. The molecule has 1 rings (SSSR count). The third-order valence-electron chi connectivity index (χ3n) is 3.91. The van der Waals surface area contributed by atoms with Crippen LogP contribution < -0.4 is 5.32 Å². The Morgan fingerprint density at radius 3 is 2.90 bits per heavy atom. The highest BCUT2D eigenvalue weighted by Crippen LogP contribution is 2.29. The van der Waals surface area contributed by atoms with Gasteiger partial charge in [-0.3, -0.25) is 9.63 Å². The van der Waals surface area contributed by atoms with Gasteiger partial charge in [0.15, 0.2) is 0 Å². The van der Waals surface area contributed by atoms with Crippen LogP contribution in [0.25, 0.3) is 0 Å². The Labute approximate surface area is 182 Å². The maximum Gasteiger partial charge on any atom is 0.220 e. The fourth-order valence-electron chi connectivity index (χ4n) is 2.22. The van der Waals surface area contributed by atoms with Crippen molar-refractivity contribution in [3.8, 4) is 0 Å². The summed E-state index contributed by atoms with van der Waals surface area (Å²) < 4.78 is 5.66. The largest absolute Gasteiger partial charge is 0.375 e. The van der Waals surface area contributed by atoms with E-state index in [9.17, 15) is 9.59 Å². The molecule has 1 heterocycles. The molecule has 0 spiro atoms. The molecule has 0 aliphatic heterocycles. The molecule has 0 saturated carbocycles. The number of rotatable bonds is 17. The number of amides is 1. The van der Waals surface area contributed by atoms with Crippen molar-refractivity contribution in [2.45, 2.75) is 50.2 Å². The minimum Gasteiger partial charge on any atom is -0.375 e. The fraction of sp³-hybridized carbons (Fsp3) is 0.650. The van der Waals surface area contributed by atoms with Crippen LogP contribution in [0.1, 0.15) is 39.5 Å². The molecule has 0 aromatic carbocycles. The maximum atomic E-state index is 11.9. The van der Waals surface area contributed by atoms with Crippen LogP contribution in [-0.2, 0) is 19.2 Å². The van der Waals surface area contributed by atoms with Gasteiger partial charge in [-0.2, -0.15) is 5.06 Å². The molecule has 0 aliphatic carbocycles. The predicted molar refractivity (Wildman–Crippen MR) is 119 cm³/mol. The molecule has 9 heteroatoms. The molecular weight excluding hydrogens is 410 g/mol. The van der Waals surface area contributed by atoms with Crippen molar-refractivity contribution in [1.82, 2.24) is 15.4 Å². The quantitative estimate of drug-likeness (QED) is 0.170. The van der Waals surface area contributed by atoms with Gasteiger partial charge in [0.25, 0.3) is 0 Å². The summed E-state index contributed by atoms with van der Waals surface area (Å²) in [6.07, 6.45) is 5.09. The van der Waals surface area contributed by atoms with E-state index < -0.39 is 0 Å². The van der Waals surface area contributed by atoms with E-state index in [1.165, 1.54) is 0 Å². The minimum atomic E-state index is -0.315. The molecule has 164 valence electrons. The van der Waals surface area contributed by atoms with E-state index in [-0.39, 0.29) is 11.5 Å². The SMILES string of the molecule is CN(CCCNC(=O)CCSSc1ccccn1)OCCC(C)(C)OCCC=O. The second-order valence-corrected chi connectivity index (χ2v) is 9.46. The van der Waals surface area contributed by atoms with Gasteiger partial charge in [-0.15, -0.1) is 0 Å². The van der Waals surface area contributed by atoms with E-state index in [0.717, 1.165) is 36.5 Å². The van der Waals surface area contributed by atoms with Crippen molar-refractivity contribution < 1.29 is 19.2 Å². The molecule has 0 unspecified atom stereocenters. The number of ether oxygens (including phenoxy) is 1. The Bertz CT molecular complexity index is 576. The molecule has 0 radical (unpaired) electrons. The van der Waals surface area contributed by atoms with Gasteiger partial charge in [-0.05, 0) is 43.2 Å². The lowest BCUT2D eigenvalue weighted by Gasteiger charge is -2.26. The van der Waals surface area contributed by atoms with Gasteiger partial charge in [0.1, 0.15) is 11.3 Å². The number of hydrogen-bond acceptors (Lipinski definition) is 8. The Hall–Kier alpha value is -1.13. The van der Waals surface area contributed by atoms with Crippen molar-refractivity contribution in [2.24, 2.45) is 0 Å². The molecule has 29 heavy (non-hydrogen) atoms. The second-order valence-electron chi connectivity index (χ2n) is 7.03. The number of pyridine rings is 1. The summed E-state index contributed by atoms with van der Waals surface area (Å²) in [5, 5.41) is 5.68. The fourth-order valence-corrected chi connectivity index (χ4v) is 4.09. The van der Waals surface area contributed by atoms with Crippen molar-refractivity contribution in [3.05, 3.63) is 24.4 Å². The first kappa shape index (κ1) is 25.9. The number of nitrogens with zero attached hydrogens (tertiary/aromatic N) is 2. The zero-order valence-electron chi connectivity index (χ0n) is 17.6. The van der Waals surface area contributed by atoms with Gasteiger partial charge in [-0.1, -0.05) is 16.9 Å². The molecule has 1 N–H and O–H groups in total. The van der Waals surface area contributed by atoms with Crippen LogP contribution in [0.3, 0.4) is 0 Å². The minimum absolute atomic E-state index is 0.0666. The average Bonchev–Trinajstić information content (AvgIpc) is 2.69. The highest BCUT2D eigenvalue weighted by Gasteiger charge is 2.18. The van der Waals surface area contributed by atoms with Crippen LogP contribution >= 0.6 is 21.6 Å². The van der Waals surface area contributed by atoms with E-state index in [1.807, 2.05) is 39.1 Å². The summed E-state index contributed by atoms with van der Waals surface area (Å²) in [5.41, 5.74) is -0.315. The lowest BCUT2D eigenvalue weighted by atomic mass is 10.1. The van der Waals surface area contributed by atoms with Crippen LogP contribution in [0.4, 0.5) is 0 Å². The van der Waals surface area contributed by atoms with Crippen LogP contribution in [-0.4, -0.2) is 66.9 Å². The summed E-state index contributed by atoms with van der Waals surface area (Å²) in [4.78, 5) is 32.1. The number of carbonyl (C=O) groups is 2. The number of aldehydes is 1. The smallest absolute Gasteiger partial charge is 0.220 e. The Kier molecular flexibility index (Phi) is 14.0. The van der Waals surface area contributed by atoms with E-state index in [2.05, 4.69) is 10.3 Å². The number of carbonyl (C=O) groups excluding carboxylic acids is 2. The summed E-state index contributed by atoms with van der Waals surface area (Å²) >= 11 is 0. The van der Waals surface area contributed by atoms with Crippen LogP contribution in [0.5, 0.6) is 0 Å².